The number of amides is 1. The van der Waals surface area contributed by atoms with Gasteiger partial charge in [-0.3, -0.25) is 4.79 Å². The molecular formula is C30H37N5O4S. The van der Waals surface area contributed by atoms with E-state index in [4.69, 9.17) is 15.5 Å². The van der Waals surface area contributed by atoms with E-state index in [1.165, 1.54) is 18.2 Å². The lowest BCUT2D eigenvalue weighted by Gasteiger charge is -2.34. The van der Waals surface area contributed by atoms with Crippen LogP contribution in [0.15, 0.2) is 53.6 Å². The molecule has 2 fully saturated rings. The molecule has 3 N–H and O–H groups in total. The molecule has 0 bridgehead atoms. The van der Waals surface area contributed by atoms with Gasteiger partial charge in [0, 0.05) is 17.6 Å². The van der Waals surface area contributed by atoms with Crippen LogP contribution in [0.5, 0.6) is 5.75 Å². The second kappa shape index (κ2) is 10.1. The van der Waals surface area contributed by atoms with Crippen LogP contribution >= 0.6 is 0 Å². The number of nitrogens with zero attached hydrogens (tertiary/aromatic N) is 3. The number of rotatable bonds is 8. The number of nitrogen functional groups attached to an aromatic ring is 1. The highest BCUT2D eigenvalue weighted by molar-refractivity contribution is 7.90. The summed E-state index contributed by atoms with van der Waals surface area (Å²) < 4.78 is 34.2. The van der Waals surface area contributed by atoms with Crippen LogP contribution in [-0.4, -0.2) is 43.0 Å². The fourth-order valence-electron chi connectivity index (χ4n) is 5.54. The number of carbonyl (C=O) groups is 1. The highest BCUT2D eigenvalue weighted by atomic mass is 32.2. The monoisotopic (exact) mass is 563 g/mol. The molecule has 1 saturated carbocycles. The first-order valence-electron chi connectivity index (χ1n) is 13.6. The predicted octanol–water partition coefficient (Wildman–Crippen LogP) is 4.96. The van der Waals surface area contributed by atoms with Gasteiger partial charge in [0.1, 0.15) is 17.4 Å². The molecule has 212 valence electrons. The van der Waals surface area contributed by atoms with Gasteiger partial charge in [0.25, 0.3) is 15.9 Å². The first kappa shape index (κ1) is 27.9. The number of pyridine rings is 2. The molecule has 40 heavy (non-hydrogen) atoms. The highest BCUT2D eigenvalue weighted by Gasteiger charge is 2.56. The number of aryl methyl sites for hydroxylation is 1. The summed E-state index contributed by atoms with van der Waals surface area (Å²) in [4.78, 5) is 24.6. The summed E-state index contributed by atoms with van der Waals surface area (Å²) in [6, 6.07) is 13.6. The summed E-state index contributed by atoms with van der Waals surface area (Å²) >= 11 is 0. The number of nitrogens with one attached hydrogen (secondary N) is 1. The minimum atomic E-state index is -4.25. The number of ether oxygens (including phenoxy) is 1. The van der Waals surface area contributed by atoms with E-state index in [0.29, 0.717) is 24.0 Å². The second-order valence-electron chi connectivity index (χ2n) is 12.2. The lowest BCUT2D eigenvalue weighted by atomic mass is 9.94. The first-order valence-corrected chi connectivity index (χ1v) is 15.1. The molecule has 9 nitrogen and oxygen atoms in total. The van der Waals surface area contributed by atoms with Gasteiger partial charge >= 0.3 is 0 Å². The van der Waals surface area contributed by atoms with E-state index in [2.05, 4.69) is 42.3 Å². The number of hydrogen-bond donors (Lipinski definition) is 2. The summed E-state index contributed by atoms with van der Waals surface area (Å²) in [6.07, 6.45) is 3.26. The van der Waals surface area contributed by atoms with Crippen LogP contribution < -0.4 is 20.1 Å². The number of aromatic nitrogens is 2. The summed E-state index contributed by atoms with van der Waals surface area (Å²) in [5, 5.41) is -0.320. The fraction of sp³-hybridized carbons (Fsp3) is 0.433. The van der Waals surface area contributed by atoms with Gasteiger partial charge < -0.3 is 15.4 Å². The molecule has 1 aromatic carbocycles. The number of nitrogens with two attached hydrogens (primary N) is 1. The Morgan fingerprint density at radius 1 is 1.12 bits per heavy atom. The van der Waals surface area contributed by atoms with E-state index in [1.54, 1.807) is 12.1 Å². The van der Waals surface area contributed by atoms with Crippen LogP contribution in [0.25, 0.3) is 11.3 Å². The van der Waals surface area contributed by atoms with Gasteiger partial charge in [-0.25, -0.2) is 14.7 Å². The molecule has 2 aromatic heterocycles. The van der Waals surface area contributed by atoms with Gasteiger partial charge in [0.15, 0.2) is 5.03 Å². The molecule has 0 atom stereocenters. The fourth-order valence-corrected chi connectivity index (χ4v) is 6.48. The van der Waals surface area contributed by atoms with Crippen molar-refractivity contribution in [1.29, 1.82) is 0 Å². The van der Waals surface area contributed by atoms with Gasteiger partial charge in [-0.1, -0.05) is 19.9 Å². The molecule has 1 aliphatic carbocycles. The lowest BCUT2D eigenvalue weighted by molar-refractivity contribution is 0.0981. The van der Waals surface area contributed by atoms with E-state index in [-0.39, 0.29) is 27.4 Å². The van der Waals surface area contributed by atoms with Crippen molar-refractivity contribution >= 4 is 27.6 Å². The highest BCUT2D eigenvalue weighted by Crippen LogP contribution is 2.58. The average molecular weight is 564 g/mol. The van der Waals surface area contributed by atoms with E-state index >= 15 is 0 Å². The van der Waals surface area contributed by atoms with Crippen molar-refractivity contribution in [3.8, 4) is 17.0 Å². The van der Waals surface area contributed by atoms with E-state index in [0.717, 1.165) is 42.7 Å². The molecule has 3 aromatic rings. The number of benzene rings is 1. The SMILES string of the molecule is Cc1cc(OCC(C)C)cc(-c2ccc(C(=O)NS(=O)(=O)c3cccc(N)n3)c(N3CC4(CC4)CC3(C)C)n2)c1. The van der Waals surface area contributed by atoms with Gasteiger partial charge in [-0.15, -0.1) is 0 Å². The van der Waals surface area contributed by atoms with Gasteiger partial charge in [0.2, 0.25) is 0 Å². The van der Waals surface area contributed by atoms with Gasteiger partial charge in [-0.2, -0.15) is 8.42 Å². The number of carbonyl (C=O) groups excluding carboxylic acids is 1. The van der Waals surface area contributed by atoms with Crippen LogP contribution in [0.4, 0.5) is 11.6 Å². The maximum Gasteiger partial charge on any atom is 0.281 e. The van der Waals surface area contributed by atoms with Crippen molar-refractivity contribution in [3.63, 3.8) is 0 Å². The summed E-state index contributed by atoms with van der Waals surface area (Å²) in [5.41, 5.74) is 8.39. The molecule has 2 aliphatic rings. The number of sulfonamides is 1. The van der Waals surface area contributed by atoms with Crippen molar-refractivity contribution in [2.75, 3.05) is 23.8 Å². The molecule has 10 heteroatoms. The predicted molar refractivity (Wildman–Crippen MR) is 156 cm³/mol. The molecule has 1 aliphatic heterocycles. The molecule has 1 amide bonds. The molecule has 0 radical (unpaired) electrons. The molecular weight excluding hydrogens is 526 g/mol. The minimum Gasteiger partial charge on any atom is -0.493 e. The summed E-state index contributed by atoms with van der Waals surface area (Å²) in [7, 11) is -4.25. The lowest BCUT2D eigenvalue weighted by Crippen LogP contribution is -2.41. The number of hydrogen-bond acceptors (Lipinski definition) is 8. The van der Waals surface area contributed by atoms with Crippen LogP contribution in [0.2, 0.25) is 0 Å². The van der Waals surface area contributed by atoms with Crippen molar-refractivity contribution in [2.24, 2.45) is 11.3 Å². The van der Waals surface area contributed by atoms with Crippen LogP contribution in [0, 0.1) is 18.3 Å². The minimum absolute atomic E-state index is 0.0467. The first-order chi connectivity index (χ1) is 18.8. The quantitative estimate of drug-likeness (QED) is 0.394. The van der Waals surface area contributed by atoms with Crippen molar-refractivity contribution in [3.05, 3.63) is 59.7 Å². The Kier molecular flexibility index (Phi) is 7.02. The maximum atomic E-state index is 13.6. The van der Waals surface area contributed by atoms with Crippen molar-refractivity contribution < 1.29 is 17.9 Å². The van der Waals surface area contributed by atoms with E-state index in [1.807, 2.05) is 25.1 Å². The zero-order valence-electron chi connectivity index (χ0n) is 23.7. The van der Waals surface area contributed by atoms with Crippen molar-refractivity contribution in [2.45, 2.75) is 64.4 Å². The number of anilines is 2. The Morgan fingerprint density at radius 3 is 2.52 bits per heavy atom. The topological polar surface area (TPSA) is 128 Å². The van der Waals surface area contributed by atoms with Crippen molar-refractivity contribution in [1.82, 2.24) is 14.7 Å². The third-order valence-electron chi connectivity index (χ3n) is 7.54. The Hall–Kier alpha value is -3.66. The molecule has 1 saturated heterocycles. The third-order valence-corrected chi connectivity index (χ3v) is 8.77. The maximum absolute atomic E-state index is 13.6. The van der Waals surface area contributed by atoms with Gasteiger partial charge in [0.05, 0.1) is 17.9 Å². The summed E-state index contributed by atoms with van der Waals surface area (Å²) in [6.45, 7) is 11.9. The normalized spacial score (nSPS) is 17.3. The average Bonchev–Trinajstić information content (AvgIpc) is 3.56. The molecule has 0 unspecified atom stereocenters. The summed E-state index contributed by atoms with van der Waals surface area (Å²) in [5.74, 6) is 0.887. The standard InChI is InChI=1S/C30H37N5O4S/c1-19(2)16-39-22-14-20(3)13-21(15-22)24-10-9-23(27(32-24)35-18-30(11-12-30)17-29(35,4)5)28(36)34-40(37,38)26-8-6-7-25(31)33-26/h6-10,13-15,19H,11-12,16-18H2,1-5H3,(H2,31,33)(H,34,36). The van der Waals surface area contributed by atoms with Crippen LogP contribution in [0.1, 0.15) is 62.9 Å². The smallest absolute Gasteiger partial charge is 0.281 e. The molecule has 1 spiro atoms. The van der Waals surface area contributed by atoms with Crippen LogP contribution in [-0.2, 0) is 10.0 Å². The Bertz CT molecular complexity index is 1560. The van der Waals surface area contributed by atoms with E-state index in [9.17, 15) is 13.2 Å². The van der Waals surface area contributed by atoms with Gasteiger partial charge in [-0.05, 0) is 99.4 Å². The largest absolute Gasteiger partial charge is 0.493 e. The Balaban J connectivity index is 1.55. The molecule has 5 rings (SSSR count). The van der Waals surface area contributed by atoms with E-state index < -0.39 is 15.9 Å². The zero-order chi connectivity index (χ0) is 28.9. The van der Waals surface area contributed by atoms with Crippen LogP contribution in [0.3, 0.4) is 0 Å². The Labute approximate surface area is 236 Å². The molecule has 3 heterocycles. The second-order valence-corrected chi connectivity index (χ2v) is 13.8. The zero-order valence-corrected chi connectivity index (χ0v) is 24.5. The Morgan fingerprint density at radius 2 is 1.88 bits per heavy atom. The third kappa shape index (κ3) is 5.77.